The van der Waals surface area contributed by atoms with E-state index >= 15 is 0 Å². The van der Waals surface area contributed by atoms with E-state index in [0.29, 0.717) is 29.9 Å². The summed E-state index contributed by atoms with van der Waals surface area (Å²) in [7, 11) is -3.08. The van der Waals surface area contributed by atoms with Gasteiger partial charge in [0.1, 0.15) is 13.2 Å². The lowest BCUT2D eigenvalue weighted by atomic mass is 10.2. The molecule has 4 aliphatic rings. The number of anilines is 1. The summed E-state index contributed by atoms with van der Waals surface area (Å²) in [4.78, 5) is 18.5. The maximum Gasteiger partial charge on any atom is 0.251 e. The largest absolute Gasteiger partial charge is 0.486 e. The fourth-order valence-electron chi connectivity index (χ4n) is 3.56. The standard InChI is InChI=1S/C17H18N2O5S2/c20-16(10-1-2-10)18-17-19(12-8-26(21,22)9-15(12)25-17)11-3-4-13-14(7-11)24-6-5-23-13/h3-4,7,10,12,15H,1-2,5-6,8-9H2/t12-,15-/m1/s1. The fourth-order valence-corrected chi connectivity index (χ4v) is 7.48. The number of fused-ring (bicyclic) bond motifs is 2. The van der Waals surface area contributed by atoms with Crippen LogP contribution in [-0.2, 0) is 14.6 Å². The van der Waals surface area contributed by atoms with Crippen molar-refractivity contribution in [3.8, 4) is 11.5 Å². The van der Waals surface area contributed by atoms with Gasteiger partial charge < -0.3 is 14.4 Å². The third-order valence-corrected chi connectivity index (χ3v) is 8.21. The number of rotatable bonds is 2. The lowest BCUT2D eigenvalue weighted by Gasteiger charge is -2.26. The van der Waals surface area contributed by atoms with Gasteiger partial charge in [0.15, 0.2) is 26.5 Å². The van der Waals surface area contributed by atoms with Crippen LogP contribution >= 0.6 is 11.8 Å². The van der Waals surface area contributed by atoms with Crippen LogP contribution < -0.4 is 14.4 Å². The van der Waals surface area contributed by atoms with E-state index in [1.165, 1.54) is 11.8 Å². The molecule has 2 atom stereocenters. The third kappa shape index (κ3) is 2.87. The number of hydrogen-bond donors (Lipinski definition) is 0. The topological polar surface area (TPSA) is 85.3 Å². The van der Waals surface area contributed by atoms with E-state index in [9.17, 15) is 13.2 Å². The van der Waals surface area contributed by atoms with Gasteiger partial charge in [-0.2, -0.15) is 4.99 Å². The van der Waals surface area contributed by atoms with Crippen molar-refractivity contribution in [1.29, 1.82) is 0 Å². The highest BCUT2D eigenvalue weighted by Gasteiger charge is 2.49. The first-order valence-corrected chi connectivity index (χ1v) is 11.4. The van der Waals surface area contributed by atoms with Crippen LogP contribution in [0, 0.1) is 5.92 Å². The summed E-state index contributed by atoms with van der Waals surface area (Å²) in [6.07, 6.45) is 1.79. The molecule has 0 aromatic heterocycles. The molecule has 0 unspecified atom stereocenters. The maximum absolute atomic E-state index is 12.2. The number of thioether (sulfide) groups is 1. The quantitative estimate of drug-likeness (QED) is 0.751. The number of nitrogens with zero attached hydrogens (tertiary/aromatic N) is 2. The normalized spacial score (nSPS) is 30.5. The lowest BCUT2D eigenvalue weighted by molar-refractivity contribution is -0.118. The number of sulfone groups is 1. The molecule has 3 heterocycles. The minimum absolute atomic E-state index is 0.0365. The number of carbonyl (C=O) groups excluding carboxylic acids is 1. The van der Waals surface area contributed by atoms with Gasteiger partial charge in [0, 0.05) is 22.9 Å². The highest BCUT2D eigenvalue weighted by molar-refractivity contribution is 8.16. The summed E-state index contributed by atoms with van der Waals surface area (Å²) >= 11 is 1.40. The van der Waals surface area contributed by atoms with Crippen LogP contribution in [0.2, 0.25) is 0 Å². The van der Waals surface area contributed by atoms with Crippen molar-refractivity contribution in [1.82, 2.24) is 0 Å². The number of amides is 1. The summed E-state index contributed by atoms with van der Waals surface area (Å²) in [5.41, 5.74) is 0.786. The molecule has 0 radical (unpaired) electrons. The van der Waals surface area contributed by atoms with Crippen LogP contribution in [0.4, 0.5) is 5.69 Å². The van der Waals surface area contributed by atoms with E-state index < -0.39 is 9.84 Å². The predicted octanol–water partition coefficient (Wildman–Crippen LogP) is 1.47. The Labute approximate surface area is 155 Å². The monoisotopic (exact) mass is 394 g/mol. The Morgan fingerprint density at radius 1 is 1.15 bits per heavy atom. The molecule has 1 amide bonds. The molecule has 2 saturated heterocycles. The number of aliphatic imine (C=N–C) groups is 1. The van der Waals surface area contributed by atoms with Gasteiger partial charge in [0.25, 0.3) is 5.91 Å². The van der Waals surface area contributed by atoms with E-state index in [-0.39, 0.29) is 34.6 Å². The molecule has 9 heteroatoms. The molecule has 1 aromatic carbocycles. The number of ether oxygens (including phenoxy) is 2. The van der Waals surface area contributed by atoms with Crippen molar-refractivity contribution < 1.29 is 22.7 Å². The van der Waals surface area contributed by atoms with Crippen molar-refractivity contribution in [3.63, 3.8) is 0 Å². The van der Waals surface area contributed by atoms with Crippen LogP contribution in [0.15, 0.2) is 23.2 Å². The molecule has 5 rings (SSSR count). The molecule has 1 aliphatic carbocycles. The summed E-state index contributed by atoms with van der Waals surface area (Å²) in [5, 5.41) is 0.502. The third-order valence-electron chi connectivity index (χ3n) is 5.00. The van der Waals surface area contributed by atoms with Crippen molar-refractivity contribution in [2.75, 3.05) is 29.6 Å². The van der Waals surface area contributed by atoms with Gasteiger partial charge >= 0.3 is 0 Å². The Morgan fingerprint density at radius 3 is 2.69 bits per heavy atom. The van der Waals surface area contributed by atoms with Crippen molar-refractivity contribution in [2.45, 2.75) is 24.1 Å². The molecule has 3 fully saturated rings. The number of amidine groups is 1. The van der Waals surface area contributed by atoms with Gasteiger partial charge in [-0.25, -0.2) is 8.42 Å². The number of benzene rings is 1. The van der Waals surface area contributed by atoms with Crippen LogP contribution in [0.25, 0.3) is 0 Å². The Hall–Kier alpha value is -1.74. The van der Waals surface area contributed by atoms with Gasteiger partial charge in [-0.1, -0.05) is 11.8 Å². The van der Waals surface area contributed by atoms with Crippen molar-refractivity contribution in [3.05, 3.63) is 18.2 Å². The second kappa shape index (κ2) is 5.88. The van der Waals surface area contributed by atoms with Gasteiger partial charge in [-0.15, -0.1) is 0 Å². The first-order chi connectivity index (χ1) is 12.5. The summed E-state index contributed by atoms with van der Waals surface area (Å²) in [6, 6.07) is 5.34. The number of hydrogen-bond acceptors (Lipinski definition) is 6. The highest BCUT2D eigenvalue weighted by Crippen LogP contribution is 2.44. The number of carbonyl (C=O) groups is 1. The van der Waals surface area contributed by atoms with Gasteiger partial charge in [0.2, 0.25) is 0 Å². The second-order valence-electron chi connectivity index (χ2n) is 7.01. The Kier molecular flexibility index (Phi) is 3.72. The van der Waals surface area contributed by atoms with Crippen LogP contribution in [-0.4, -0.2) is 55.5 Å². The first kappa shape index (κ1) is 16.4. The van der Waals surface area contributed by atoms with Crippen molar-refractivity contribution in [2.24, 2.45) is 10.9 Å². The highest BCUT2D eigenvalue weighted by atomic mass is 32.2. The molecule has 0 N–H and O–H groups in total. The predicted molar refractivity (Wildman–Crippen MR) is 98.9 cm³/mol. The zero-order chi connectivity index (χ0) is 17.9. The minimum Gasteiger partial charge on any atom is -0.486 e. The SMILES string of the molecule is O=C(N=C1S[C@@H]2CS(=O)(=O)C[C@H]2N1c1ccc2c(c1)OCCO2)C1CC1. The molecule has 1 aromatic rings. The molecular weight excluding hydrogens is 376 g/mol. The molecular formula is C17H18N2O5S2. The summed E-state index contributed by atoms with van der Waals surface area (Å²) in [6.45, 7) is 0.990. The van der Waals surface area contributed by atoms with Gasteiger partial charge in [-0.3, -0.25) is 4.79 Å². The molecule has 1 saturated carbocycles. The van der Waals surface area contributed by atoms with Gasteiger partial charge in [-0.05, 0) is 25.0 Å². The second-order valence-corrected chi connectivity index (χ2v) is 10.4. The Balaban J connectivity index is 1.54. The first-order valence-electron chi connectivity index (χ1n) is 8.69. The Morgan fingerprint density at radius 2 is 1.92 bits per heavy atom. The maximum atomic E-state index is 12.2. The van der Waals surface area contributed by atoms with E-state index in [2.05, 4.69) is 4.99 Å². The average molecular weight is 394 g/mol. The summed E-state index contributed by atoms with van der Waals surface area (Å²) in [5.74, 6) is 1.45. The van der Waals surface area contributed by atoms with E-state index in [1.807, 2.05) is 23.1 Å². The smallest absolute Gasteiger partial charge is 0.251 e. The molecule has 3 aliphatic heterocycles. The van der Waals surface area contributed by atoms with Crippen LogP contribution in [0.5, 0.6) is 11.5 Å². The minimum atomic E-state index is -3.08. The molecule has 7 nitrogen and oxygen atoms in total. The van der Waals surface area contributed by atoms with Gasteiger partial charge in [0.05, 0.1) is 17.5 Å². The zero-order valence-electron chi connectivity index (χ0n) is 14.0. The lowest BCUT2D eigenvalue weighted by Crippen LogP contribution is -2.37. The average Bonchev–Trinajstić information content (AvgIpc) is 3.35. The van der Waals surface area contributed by atoms with E-state index in [4.69, 9.17) is 9.47 Å². The van der Waals surface area contributed by atoms with E-state index in [1.54, 1.807) is 0 Å². The van der Waals surface area contributed by atoms with E-state index in [0.717, 1.165) is 18.5 Å². The Bertz CT molecular complexity index is 910. The molecule has 0 bridgehead atoms. The van der Waals surface area contributed by atoms with Crippen LogP contribution in [0.3, 0.4) is 0 Å². The fraction of sp³-hybridized carbons (Fsp3) is 0.529. The zero-order valence-corrected chi connectivity index (χ0v) is 15.6. The molecule has 0 spiro atoms. The molecule has 138 valence electrons. The van der Waals surface area contributed by atoms with Crippen molar-refractivity contribution >= 4 is 38.4 Å². The summed E-state index contributed by atoms with van der Waals surface area (Å²) < 4.78 is 35.4. The van der Waals surface area contributed by atoms with Crippen LogP contribution in [0.1, 0.15) is 12.8 Å². The molecule has 26 heavy (non-hydrogen) atoms.